The smallest absolute Gasteiger partial charge is 0.161 e. The summed E-state index contributed by atoms with van der Waals surface area (Å²) in [5.41, 5.74) is 2.01. The molecule has 0 N–H and O–H groups in total. The molecule has 1 heterocycles. The quantitative estimate of drug-likeness (QED) is 0.751. The molecule has 0 aliphatic carbocycles. The van der Waals surface area contributed by atoms with E-state index in [1.165, 1.54) is 0 Å². The van der Waals surface area contributed by atoms with Crippen LogP contribution in [0.3, 0.4) is 0 Å². The molecular weight excluding hydrogens is 288 g/mol. The summed E-state index contributed by atoms with van der Waals surface area (Å²) in [5.74, 6) is 1.79. The second-order valence-electron chi connectivity index (χ2n) is 5.50. The third kappa shape index (κ3) is 4.58. The van der Waals surface area contributed by atoms with Gasteiger partial charge in [-0.3, -0.25) is 4.98 Å². The fourth-order valence-corrected chi connectivity index (χ4v) is 2.00. The van der Waals surface area contributed by atoms with Crippen LogP contribution in [0.1, 0.15) is 25.1 Å². The van der Waals surface area contributed by atoms with Gasteiger partial charge in [0.25, 0.3) is 0 Å². The lowest BCUT2D eigenvalue weighted by Gasteiger charge is -2.13. The Morgan fingerprint density at radius 2 is 2.09 bits per heavy atom. The van der Waals surface area contributed by atoms with Crippen LogP contribution in [0.4, 0.5) is 0 Å². The van der Waals surface area contributed by atoms with Crippen molar-refractivity contribution >= 4 is 11.6 Å². The molecule has 23 heavy (non-hydrogen) atoms. The van der Waals surface area contributed by atoms with Crippen LogP contribution in [0.25, 0.3) is 11.6 Å². The van der Waals surface area contributed by atoms with Gasteiger partial charge in [0.2, 0.25) is 0 Å². The molecule has 0 unspecified atom stereocenters. The second-order valence-corrected chi connectivity index (χ2v) is 5.50. The van der Waals surface area contributed by atoms with Crippen LogP contribution in [-0.2, 0) is 0 Å². The number of hydrogen-bond acceptors (Lipinski definition) is 4. The molecule has 0 amide bonds. The molecule has 1 aromatic carbocycles. The van der Waals surface area contributed by atoms with E-state index in [2.05, 4.69) is 24.9 Å². The van der Waals surface area contributed by atoms with Gasteiger partial charge in [-0.15, -0.1) is 0 Å². The van der Waals surface area contributed by atoms with Gasteiger partial charge in [-0.25, -0.2) is 0 Å². The van der Waals surface area contributed by atoms with Crippen LogP contribution < -0.4 is 9.47 Å². The van der Waals surface area contributed by atoms with Crippen molar-refractivity contribution in [2.75, 3.05) is 13.7 Å². The number of methoxy groups -OCH3 is 1. The minimum atomic E-state index is 0.439. The van der Waals surface area contributed by atoms with Crippen molar-refractivity contribution in [1.82, 2.24) is 4.98 Å². The lowest BCUT2D eigenvalue weighted by Crippen LogP contribution is -2.05. The Balaban J connectivity index is 2.30. The van der Waals surface area contributed by atoms with Crippen LogP contribution in [-0.4, -0.2) is 18.7 Å². The molecule has 0 spiro atoms. The van der Waals surface area contributed by atoms with E-state index in [-0.39, 0.29) is 0 Å². The Kier molecular flexibility index (Phi) is 5.76. The topological polar surface area (TPSA) is 55.1 Å². The first-order chi connectivity index (χ1) is 11.1. The Labute approximate surface area is 137 Å². The zero-order valence-corrected chi connectivity index (χ0v) is 13.6. The van der Waals surface area contributed by atoms with E-state index in [9.17, 15) is 5.26 Å². The summed E-state index contributed by atoms with van der Waals surface area (Å²) in [6.07, 6.45) is 3.46. The van der Waals surface area contributed by atoms with Gasteiger partial charge in [-0.1, -0.05) is 26.0 Å². The second kappa shape index (κ2) is 8.00. The predicted molar refractivity (Wildman–Crippen MR) is 91.0 cm³/mol. The van der Waals surface area contributed by atoms with E-state index < -0.39 is 0 Å². The molecule has 2 aromatic rings. The molecule has 0 aliphatic rings. The van der Waals surface area contributed by atoms with Gasteiger partial charge in [0.05, 0.1) is 25.0 Å². The average molecular weight is 308 g/mol. The number of allylic oxidation sites excluding steroid dienone is 1. The number of pyridine rings is 1. The number of aromatic nitrogens is 1. The zero-order valence-electron chi connectivity index (χ0n) is 13.6. The molecule has 0 radical (unpaired) electrons. The Morgan fingerprint density at radius 3 is 2.70 bits per heavy atom. The van der Waals surface area contributed by atoms with Crippen molar-refractivity contribution in [1.29, 1.82) is 5.26 Å². The summed E-state index contributed by atoms with van der Waals surface area (Å²) in [6, 6.07) is 13.3. The Morgan fingerprint density at radius 1 is 1.26 bits per heavy atom. The number of nitriles is 1. The lowest BCUT2D eigenvalue weighted by molar-refractivity contribution is 0.257. The standard InChI is InChI=1S/C19H20N2O2/c1-14(2)13-23-18-8-7-15(11-19(18)22-3)10-16(12-20)17-6-4-5-9-21-17/h4-11,14H,13H2,1-3H3/b16-10+. The molecule has 0 saturated carbocycles. The van der Waals surface area contributed by atoms with Gasteiger partial charge in [-0.05, 0) is 41.8 Å². The fraction of sp³-hybridized carbons (Fsp3) is 0.263. The maximum Gasteiger partial charge on any atom is 0.161 e. The minimum Gasteiger partial charge on any atom is -0.493 e. The highest BCUT2D eigenvalue weighted by Crippen LogP contribution is 2.30. The van der Waals surface area contributed by atoms with Crippen molar-refractivity contribution in [3.8, 4) is 17.6 Å². The van der Waals surface area contributed by atoms with Crippen LogP contribution in [0, 0.1) is 17.2 Å². The largest absolute Gasteiger partial charge is 0.493 e. The summed E-state index contributed by atoms with van der Waals surface area (Å²) >= 11 is 0. The molecule has 4 heteroatoms. The summed E-state index contributed by atoms with van der Waals surface area (Å²) < 4.78 is 11.1. The van der Waals surface area contributed by atoms with E-state index in [1.54, 1.807) is 19.4 Å². The Hall–Kier alpha value is -2.80. The highest BCUT2D eigenvalue weighted by molar-refractivity contribution is 5.88. The maximum atomic E-state index is 9.35. The molecule has 2 rings (SSSR count). The number of nitrogens with zero attached hydrogens (tertiary/aromatic N) is 2. The van der Waals surface area contributed by atoms with Crippen molar-refractivity contribution < 1.29 is 9.47 Å². The van der Waals surface area contributed by atoms with Crippen LogP contribution >= 0.6 is 0 Å². The highest BCUT2D eigenvalue weighted by Gasteiger charge is 2.08. The van der Waals surface area contributed by atoms with Crippen LogP contribution in [0.5, 0.6) is 11.5 Å². The lowest BCUT2D eigenvalue weighted by atomic mass is 10.1. The summed E-state index contributed by atoms with van der Waals surface area (Å²) in [6.45, 7) is 4.81. The van der Waals surface area contributed by atoms with Crippen molar-refractivity contribution in [3.05, 3.63) is 53.9 Å². The molecule has 0 saturated heterocycles. The SMILES string of the molecule is COc1cc(/C=C(\C#N)c2ccccn2)ccc1OCC(C)C. The summed E-state index contributed by atoms with van der Waals surface area (Å²) in [5, 5.41) is 9.35. The Bertz CT molecular complexity index is 716. The summed E-state index contributed by atoms with van der Waals surface area (Å²) in [4.78, 5) is 4.21. The number of ether oxygens (including phenoxy) is 2. The highest BCUT2D eigenvalue weighted by atomic mass is 16.5. The first-order valence-electron chi connectivity index (χ1n) is 7.48. The third-order valence-electron chi connectivity index (χ3n) is 3.13. The van der Waals surface area contributed by atoms with E-state index in [1.807, 2.05) is 36.4 Å². The molecule has 0 bridgehead atoms. The fourth-order valence-electron chi connectivity index (χ4n) is 2.00. The van der Waals surface area contributed by atoms with E-state index in [0.29, 0.717) is 35.3 Å². The van der Waals surface area contributed by atoms with E-state index >= 15 is 0 Å². The zero-order chi connectivity index (χ0) is 16.7. The molecule has 0 aliphatic heterocycles. The molecule has 118 valence electrons. The first kappa shape index (κ1) is 16.6. The third-order valence-corrected chi connectivity index (χ3v) is 3.13. The number of rotatable bonds is 6. The first-order valence-corrected chi connectivity index (χ1v) is 7.48. The number of hydrogen-bond donors (Lipinski definition) is 0. The van der Waals surface area contributed by atoms with Gasteiger partial charge in [0.1, 0.15) is 6.07 Å². The normalized spacial score (nSPS) is 11.2. The van der Waals surface area contributed by atoms with E-state index in [4.69, 9.17) is 9.47 Å². The molecule has 4 nitrogen and oxygen atoms in total. The summed E-state index contributed by atoms with van der Waals surface area (Å²) in [7, 11) is 1.61. The maximum absolute atomic E-state index is 9.35. The monoisotopic (exact) mass is 308 g/mol. The predicted octanol–water partition coefficient (Wildman–Crippen LogP) is 4.19. The van der Waals surface area contributed by atoms with Gasteiger partial charge in [0.15, 0.2) is 11.5 Å². The van der Waals surface area contributed by atoms with Gasteiger partial charge < -0.3 is 9.47 Å². The van der Waals surface area contributed by atoms with Crippen LogP contribution in [0.2, 0.25) is 0 Å². The van der Waals surface area contributed by atoms with Gasteiger partial charge in [0, 0.05) is 6.20 Å². The van der Waals surface area contributed by atoms with Crippen molar-refractivity contribution in [2.45, 2.75) is 13.8 Å². The average Bonchev–Trinajstić information content (AvgIpc) is 2.58. The van der Waals surface area contributed by atoms with Gasteiger partial charge >= 0.3 is 0 Å². The molecule has 1 aromatic heterocycles. The van der Waals surface area contributed by atoms with Crippen molar-refractivity contribution in [2.24, 2.45) is 5.92 Å². The molecule has 0 atom stereocenters. The molecule has 0 fully saturated rings. The van der Waals surface area contributed by atoms with Crippen molar-refractivity contribution in [3.63, 3.8) is 0 Å². The van der Waals surface area contributed by atoms with Gasteiger partial charge in [-0.2, -0.15) is 5.26 Å². The minimum absolute atomic E-state index is 0.439. The van der Waals surface area contributed by atoms with Crippen LogP contribution in [0.15, 0.2) is 42.6 Å². The number of benzene rings is 1. The molecular formula is C19H20N2O2. The van der Waals surface area contributed by atoms with E-state index in [0.717, 1.165) is 5.56 Å².